The van der Waals surface area contributed by atoms with Gasteiger partial charge in [0.25, 0.3) is 5.91 Å². The van der Waals surface area contributed by atoms with Crippen molar-refractivity contribution in [3.63, 3.8) is 0 Å². The number of carbonyl (C=O) groups excluding carboxylic acids is 2. The van der Waals surface area contributed by atoms with Crippen LogP contribution in [-0.2, 0) is 16.1 Å². The van der Waals surface area contributed by atoms with Crippen molar-refractivity contribution in [1.82, 2.24) is 9.47 Å². The molecule has 4 rings (SSSR count). The smallest absolute Gasteiger partial charge is 0.283 e. The van der Waals surface area contributed by atoms with Gasteiger partial charge < -0.3 is 14.6 Å². The fourth-order valence-electron chi connectivity index (χ4n) is 3.80. The molecule has 2 heterocycles. The maximum absolute atomic E-state index is 12.3. The van der Waals surface area contributed by atoms with Crippen LogP contribution in [0.25, 0.3) is 10.9 Å². The summed E-state index contributed by atoms with van der Waals surface area (Å²) in [4.78, 5) is 26.0. The predicted octanol–water partition coefficient (Wildman–Crippen LogP) is 4.41. The van der Waals surface area contributed by atoms with E-state index in [4.69, 9.17) is 0 Å². The fraction of sp³-hybridized carbons (Fsp3) is 0.304. The zero-order valence-corrected chi connectivity index (χ0v) is 16.7. The molecule has 2 aromatic carbocycles. The number of amides is 2. The van der Waals surface area contributed by atoms with Gasteiger partial charge in [-0.2, -0.15) is 0 Å². The van der Waals surface area contributed by atoms with Crippen LogP contribution in [0.5, 0.6) is 5.88 Å². The molecule has 1 fully saturated rings. The van der Waals surface area contributed by atoms with E-state index < -0.39 is 5.91 Å². The van der Waals surface area contributed by atoms with Crippen LogP contribution in [0.4, 0.5) is 5.69 Å². The van der Waals surface area contributed by atoms with E-state index in [1.54, 1.807) is 9.47 Å². The fourth-order valence-corrected chi connectivity index (χ4v) is 3.80. The number of rotatable bonds is 5. The van der Waals surface area contributed by atoms with Crippen LogP contribution in [0, 0.1) is 0 Å². The van der Waals surface area contributed by atoms with Crippen molar-refractivity contribution in [2.24, 2.45) is 10.2 Å². The van der Waals surface area contributed by atoms with Crippen LogP contribution in [0.15, 0.2) is 64.8 Å². The second-order valence-corrected chi connectivity index (χ2v) is 7.48. The molecule has 7 nitrogen and oxygen atoms in total. The first-order valence-corrected chi connectivity index (χ1v) is 10.2. The van der Waals surface area contributed by atoms with Gasteiger partial charge in [-0.3, -0.25) is 9.59 Å². The number of para-hydroxylation sites is 1. The van der Waals surface area contributed by atoms with Crippen LogP contribution < -0.4 is 0 Å². The van der Waals surface area contributed by atoms with Crippen molar-refractivity contribution in [2.45, 2.75) is 32.2 Å². The number of carbonyl (C=O) groups is 2. The lowest BCUT2D eigenvalue weighted by Gasteiger charge is -2.17. The SMILES string of the molecule is O=C(CN1CCCCCC1=O)N=Nc1c(O)n(Cc2ccccc2)c2ccccc12. The highest BCUT2D eigenvalue weighted by Crippen LogP contribution is 2.39. The summed E-state index contributed by atoms with van der Waals surface area (Å²) in [5.74, 6) is -0.551. The molecule has 0 saturated carbocycles. The minimum atomic E-state index is -0.496. The summed E-state index contributed by atoms with van der Waals surface area (Å²) in [6, 6.07) is 17.3. The van der Waals surface area contributed by atoms with E-state index in [0.717, 1.165) is 30.3 Å². The molecule has 0 bridgehead atoms. The van der Waals surface area contributed by atoms with Gasteiger partial charge in [-0.15, -0.1) is 10.2 Å². The van der Waals surface area contributed by atoms with Gasteiger partial charge >= 0.3 is 0 Å². The molecule has 7 heteroatoms. The zero-order valence-electron chi connectivity index (χ0n) is 16.7. The van der Waals surface area contributed by atoms with Gasteiger partial charge in [-0.25, -0.2) is 0 Å². The maximum atomic E-state index is 12.3. The molecule has 2 amide bonds. The Bertz CT molecular complexity index is 1090. The number of benzene rings is 2. The van der Waals surface area contributed by atoms with Gasteiger partial charge in [-0.1, -0.05) is 55.0 Å². The Morgan fingerprint density at radius 2 is 1.77 bits per heavy atom. The van der Waals surface area contributed by atoms with Crippen molar-refractivity contribution in [3.05, 3.63) is 60.2 Å². The first kappa shape index (κ1) is 19.8. The second-order valence-electron chi connectivity index (χ2n) is 7.48. The largest absolute Gasteiger partial charge is 0.493 e. The van der Waals surface area contributed by atoms with E-state index >= 15 is 0 Å². The molecule has 3 aromatic rings. The molecule has 0 spiro atoms. The molecule has 1 saturated heterocycles. The Kier molecular flexibility index (Phi) is 5.88. The first-order valence-electron chi connectivity index (χ1n) is 10.2. The Hall–Kier alpha value is -3.48. The third-order valence-electron chi connectivity index (χ3n) is 5.36. The lowest BCUT2D eigenvalue weighted by atomic mass is 10.2. The molecule has 0 unspecified atom stereocenters. The number of hydrogen-bond acceptors (Lipinski definition) is 4. The number of aromatic hydroxyl groups is 1. The van der Waals surface area contributed by atoms with Gasteiger partial charge in [0, 0.05) is 18.4 Å². The average Bonchev–Trinajstić information content (AvgIpc) is 2.87. The van der Waals surface area contributed by atoms with E-state index in [9.17, 15) is 14.7 Å². The molecule has 0 aliphatic carbocycles. The molecule has 1 aliphatic rings. The highest BCUT2D eigenvalue weighted by molar-refractivity contribution is 5.95. The van der Waals surface area contributed by atoms with Crippen molar-refractivity contribution in [2.75, 3.05) is 13.1 Å². The molecule has 154 valence electrons. The van der Waals surface area contributed by atoms with Crippen molar-refractivity contribution >= 4 is 28.4 Å². The van der Waals surface area contributed by atoms with Gasteiger partial charge in [0.2, 0.25) is 11.8 Å². The number of aromatic nitrogens is 1. The molecular formula is C23H24N4O3. The summed E-state index contributed by atoms with van der Waals surface area (Å²) >= 11 is 0. The summed E-state index contributed by atoms with van der Waals surface area (Å²) in [6.07, 6.45) is 3.22. The minimum absolute atomic E-state index is 0.0154. The molecular weight excluding hydrogens is 380 g/mol. The summed E-state index contributed by atoms with van der Waals surface area (Å²) < 4.78 is 1.75. The minimum Gasteiger partial charge on any atom is -0.493 e. The molecule has 1 aliphatic heterocycles. The van der Waals surface area contributed by atoms with E-state index in [0.29, 0.717) is 24.9 Å². The predicted molar refractivity (Wildman–Crippen MR) is 114 cm³/mol. The molecule has 1 N–H and O–H groups in total. The number of nitrogens with zero attached hydrogens (tertiary/aromatic N) is 4. The Labute approximate surface area is 174 Å². The summed E-state index contributed by atoms with van der Waals surface area (Å²) in [6.45, 7) is 0.965. The zero-order chi connectivity index (χ0) is 20.9. The van der Waals surface area contributed by atoms with Gasteiger partial charge in [0.05, 0.1) is 12.1 Å². The number of azo groups is 1. The van der Waals surface area contributed by atoms with E-state index in [1.165, 1.54) is 0 Å². The number of fused-ring (bicyclic) bond motifs is 1. The molecule has 30 heavy (non-hydrogen) atoms. The van der Waals surface area contributed by atoms with E-state index in [-0.39, 0.29) is 24.0 Å². The summed E-state index contributed by atoms with van der Waals surface area (Å²) in [7, 11) is 0. The summed E-state index contributed by atoms with van der Waals surface area (Å²) in [5, 5.41) is 19.4. The number of hydrogen-bond donors (Lipinski definition) is 1. The highest BCUT2D eigenvalue weighted by Gasteiger charge is 2.20. The summed E-state index contributed by atoms with van der Waals surface area (Å²) in [5.41, 5.74) is 2.10. The van der Waals surface area contributed by atoms with E-state index in [2.05, 4.69) is 10.2 Å². The Morgan fingerprint density at radius 3 is 2.60 bits per heavy atom. The lowest BCUT2D eigenvalue weighted by molar-refractivity contribution is -0.134. The molecule has 1 aromatic heterocycles. The van der Waals surface area contributed by atoms with Crippen LogP contribution in [-0.4, -0.2) is 39.5 Å². The van der Waals surface area contributed by atoms with Gasteiger partial charge in [-0.05, 0) is 24.5 Å². The number of likely N-dealkylation sites (tertiary alicyclic amines) is 1. The maximum Gasteiger partial charge on any atom is 0.283 e. The average molecular weight is 404 g/mol. The topological polar surface area (TPSA) is 87.3 Å². The second kappa shape index (κ2) is 8.90. The third-order valence-corrected chi connectivity index (χ3v) is 5.36. The van der Waals surface area contributed by atoms with Crippen molar-refractivity contribution in [1.29, 1.82) is 0 Å². The highest BCUT2D eigenvalue weighted by atomic mass is 16.3. The van der Waals surface area contributed by atoms with Crippen LogP contribution in [0.1, 0.15) is 31.2 Å². The molecule has 0 atom stereocenters. The lowest BCUT2D eigenvalue weighted by Crippen LogP contribution is -2.34. The standard InChI is InChI=1S/C23H24N4O3/c28-20(16-26-14-8-2-5-13-21(26)29)24-25-22-18-11-6-7-12-19(18)27(23(22)30)15-17-9-3-1-4-10-17/h1,3-4,6-7,9-12,30H,2,5,8,13-16H2. The Morgan fingerprint density at radius 1 is 1.00 bits per heavy atom. The monoisotopic (exact) mass is 404 g/mol. The van der Waals surface area contributed by atoms with Crippen LogP contribution in [0.3, 0.4) is 0 Å². The third kappa shape index (κ3) is 4.25. The Balaban J connectivity index is 1.58. The van der Waals surface area contributed by atoms with Crippen LogP contribution in [0.2, 0.25) is 0 Å². The van der Waals surface area contributed by atoms with Crippen LogP contribution >= 0.6 is 0 Å². The first-order chi connectivity index (χ1) is 14.6. The van der Waals surface area contributed by atoms with Gasteiger partial charge in [0.15, 0.2) is 5.69 Å². The van der Waals surface area contributed by atoms with E-state index in [1.807, 2.05) is 54.6 Å². The molecule has 0 radical (unpaired) electrons. The van der Waals surface area contributed by atoms with Gasteiger partial charge in [0.1, 0.15) is 6.54 Å². The van der Waals surface area contributed by atoms with Crippen molar-refractivity contribution in [3.8, 4) is 5.88 Å². The quantitative estimate of drug-likeness (QED) is 0.639. The normalized spacial score (nSPS) is 15.1. The van der Waals surface area contributed by atoms with Crippen molar-refractivity contribution < 1.29 is 14.7 Å².